The van der Waals surface area contributed by atoms with Crippen LogP contribution in [0.1, 0.15) is 6.92 Å². The molecule has 1 nitrogen and oxygen atoms in total. The lowest BCUT2D eigenvalue weighted by Gasteiger charge is -2.21. The summed E-state index contributed by atoms with van der Waals surface area (Å²) in [6.07, 6.45) is 4.60. The lowest BCUT2D eigenvalue weighted by Crippen LogP contribution is -2.02. The molecule has 0 aliphatic heterocycles. The molecule has 9 heavy (non-hydrogen) atoms. The van der Waals surface area contributed by atoms with Crippen LogP contribution >= 0.6 is 28.4 Å². The molecule has 0 aromatic carbocycles. The molecule has 58 valence electrons. The average molecular weight is 262 g/mol. The summed E-state index contributed by atoms with van der Waals surface area (Å²) in [7, 11) is -0.351. The first-order valence-electron chi connectivity index (χ1n) is 3.04. The molecule has 0 aromatic rings. The summed E-state index contributed by atoms with van der Waals surface area (Å²) in [5.74, 6) is 1.22. The van der Waals surface area contributed by atoms with Crippen molar-refractivity contribution in [1.29, 1.82) is 0 Å². The molecule has 3 heteroatoms. The first-order chi connectivity index (χ1) is 4.06. The maximum Gasteiger partial charge on any atom is 0.0548 e. The van der Waals surface area contributed by atoms with Gasteiger partial charge in [-0.2, -0.15) is 7.20 Å². The monoisotopic (exact) mass is 262 g/mol. The average Bonchev–Trinajstić information content (AvgIpc) is 1.63. The quantitative estimate of drug-likeness (QED) is 0.558. The molecule has 0 amide bonds. The van der Waals surface area contributed by atoms with E-state index in [1.165, 1.54) is 5.75 Å². The Bertz CT molecular complexity index is 69.9. The number of hydrogen-bond acceptors (Lipinski definition) is 1. The van der Waals surface area contributed by atoms with Crippen molar-refractivity contribution in [1.82, 2.24) is 0 Å². The van der Waals surface area contributed by atoms with Gasteiger partial charge in [0, 0.05) is 12.4 Å². The van der Waals surface area contributed by atoms with Crippen LogP contribution in [0.25, 0.3) is 0 Å². The predicted molar refractivity (Wildman–Crippen MR) is 54.8 cm³/mol. The minimum atomic E-state index is -0.351. The zero-order chi connectivity index (χ0) is 7.33. The van der Waals surface area contributed by atoms with Crippen LogP contribution < -0.4 is 0 Å². The molecular weight excluding hydrogens is 247 g/mol. The first-order valence-corrected chi connectivity index (χ1v) is 8.21. The van der Waals surface area contributed by atoms with E-state index < -0.39 is 0 Å². The fourth-order valence-electron chi connectivity index (χ4n) is 0.401. The van der Waals surface area contributed by atoms with Crippen LogP contribution in [0.4, 0.5) is 0 Å². The second-order valence-corrected chi connectivity index (χ2v) is 12.7. The van der Waals surface area contributed by atoms with Crippen molar-refractivity contribution in [3.8, 4) is 0 Å². The molecule has 0 unspecified atom stereocenters. The Labute approximate surface area is 71.4 Å². The molecule has 0 bridgehead atoms. The van der Waals surface area contributed by atoms with Gasteiger partial charge in [-0.05, 0) is 40.6 Å². The van der Waals surface area contributed by atoms with Gasteiger partial charge in [0.15, 0.2) is 0 Å². The highest BCUT2D eigenvalue weighted by atomic mass is 127. The molecule has 0 fully saturated rings. The summed E-state index contributed by atoms with van der Waals surface area (Å²) in [6.45, 7) is 3.82. The largest absolute Gasteiger partial charge is 0.381 e. The molecular formula is C6H15IOS. The van der Waals surface area contributed by atoms with Gasteiger partial charge in [0.25, 0.3) is 0 Å². The van der Waals surface area contributed by atoms with Gasteiger partial charge in [-0.25, -0.2) is 0 Å². The summed E-state index contributed by atoms with van der Waals surface area (Å²) < 4.78 is 5.23. The van der Waals surface area contributed by atoms with Gasteiger partial charge in [-0.3, -0.25) is 0 Å². The van der Waals surface area contributed by atoms with Crippen molar-refractivity contribution < 1.29 is 4.74 Å². The molecule has 0 spiro atoms. The van der Waals surface area contributed by atoms with Gasteiger partial charge in [-0.15, -0.1) is 0 Å². The van der Waals surface area contributed by atoms with E-state index in [-0.39, 0.29) is 7.20 Å². The zero-order valence-corrected chi connectivity index (χ0v) is 9.29. The minimum Gasteiger partial charge on any atom is -0.381 e. The van der Waals surface area contributed by atoms with E-state index in [0.29, 0.717) is 0 Å². The van der Waals surface area contributed by atoms with Gasteiger partial charge >= 0.3 is 0 Å². The van der Waals surface area contributed by atoms with E-state index in [1.54, 1.807) is 0 Å². The topological polar surface area (TPSA) is 9.23 Å². The highest BCUT2D eigenvalue weighted by Gasteiger charge is 2.03. The van der Waals surface area contributed by atoms with Gasteiger partial charge in [-0.1, -0.05) is 0 Å². The van der Waals surface area contributed by atoms with Gasteiger partial charge in [0.05, 0.1) is 6.61 Å². The van der Waals surface area contributed by atoms with Crippen molar-refractivity contribution >= 4 is 28.4 Å². The standard InChI is InChI=1S/C6H15IOS/c1-4-8-5-6-9(2,3)7/h4-6H2,1-3H3. The van der Waals surface area contributed by atoms with Crippen LogP contribution in [0.2, 0.25) is 0 Å². The molecule has 0 saturated heterocycles. The van der Waals surface area contributed by atoms with E-state index >= 15 is 0 Å². The van der Waals surface area contributed by atoms with Crippen LogP contribution in [0, 0.1) is 0 Å². The van der Waals surface area contributed by atoms with E-state index in [9.17, 15) is 0 Å². The summed E-state index contributed by atoms with van der Waals surface area (Å²) in [5, 5.41) is 0. The van der Waals surface area contributed by atoms with E-state index in [1.807, 2.05) is 6.92 Å². The molecule has 0 aromatic heterocycles. The Morgan fingerprint density at radius 1 is 1.44 bits per heavy atom. The SMILES string of the molecule is CCOCCS(C)(C)I. The highest BCUT2D eigenvalue weighted by Crippen LogP contribution is 2.48. The van der Waals surface area contributed by atoms with Crippen LogP contribution in [0.15, 0.2) is 0 Å². The van der Waals surface area contributed by atoms with Gasteiger partial charge in [0.2, 0.25) is 0 Å². The van der Waals surface area contributed by atoms with E-state index in [2.05, 4.69) is 33.7 Å². The van der Waals surface area contributed by atoms with E-state index in [4.69, 9.17) is 4.74 Å². The first kappa shape index (κ1) is 10.0. The molecule has 0 atom stereocenters. The van der Waals surface area contributed by atoms with Crippen molar-refractivity contribution in [3.05, 3.63) is 0 Å². The third-order valence-corrected chi connectivity index (χ3v) is 3.38. The molecule has 0 rings (SSSR count). The Morgan fingerprint density at radius 3 is 2.33 bits per heavy atom. The molecule has 0 radical (unpaired) electrons. The van der Waals surface area contributed by atoms with E-state index in [0.717, 1.165) is 13.2 Å². The van der Waals surface area contributed by atoms with Crippen molar-refractivity contribution in [2.75, 3.05) is 31.5 Å². The van der Waals surface area contributed by atoms with Crippen molar-refractivity contribution in [2.45, 2.75) is 6.92 Å². The normalized spacial score (nSPS) is 13.8. The molecule has 0 heterocycles. The summed E-state index contributed by atoms with van der Waals surface area (Å²) in [4.78, 5) is 0. The van der Waals surface area contributed by atoms with Crippen LogP contribution in [0.3, 0.4) is 0 Å². The zero-order valence-electron chi connectivity index (χ0n) is 6.32. The van der Waals surface area contributed by atoms with Crippen molar-refractivity contribution in [3.63, 3.8) is 0 Å². The summed E-state index contributed by atoms with van der Waals surface area (Å²) in [5.41, 5.74) is 0. The second kappa shape index (κ2) is 4.79. The molecule has 0 saturated carbocycles. The minimum absolute atomic E-state index is 0.351. The number of ether oxygens (including phenoxy) is 1. The van der Waals surface area contributed by atoms with Crippen molar-refractivity contribution in [2.24, 2.45) is 0 Å². The Kier molecular flexibility index (Phi) is 5.35. The Morgan fingerprint density at radius 2 is 2.00 bits per heavy atom. The second-order valence-electron chi connectivity index (χ2n) is 2.30. The van der Waals surface area contributed by atoms with Gasteiger partial charge in [0.1, 0.15) is 0 Å². The fourth-order valence-corrected chi connectivity index (χ4v) is 1.45. The molecule has 0 N–H and O–H groups in total. The van der Waals surface area contributed by atoms with Crippen LogP contribution in [-0.4, -0.2) is 31.5 Å². The summed E-state index contributed by atoms with van der Waals surface area (Å²) in [6, 6.07) is 0. The van der Waals surface area contributed by atoms with Gasteiger partial charge < -0.3 is 4.74 Å². The lowest BCUT2D eigenvalue weighted by atomic mass is 10.8. The van der Waals surface area contributed by atoms with Crippen LogP contribution in [-0.2, 0) is 4.74 Å². The van der Waals surface area contributed by atoms with Crippen LogP contribution in [0.5, 0.6) is 0 Å². The Balaban J connectivity index is 3.07. The Hall–Kier alpha value is 1.04. The maximum atomic E-state index is 5.23. The smallest absolute Gasteiger partial charge is 0.0548 e. The fraction of sp³-hybridized carbons (Fsp3) is 1.00. The predicted octanol–water partition coefficient (Wildman–Crippen LogP) is 2.44. The lowest BCUT2D eigenvalue weighted by molar-refractivity contribution is 0.164. The number of rotatable bonds is 4. The number of hydrogen-bond donors (Lipinski definition) is 0. The highest BCUT2D eigenvalue weighted by molar-refractivity contribution is 14.2. The number of halogens is 1. The maximum absolute atomic E-state index is 5.23. The summed E-state index contributed by atoms with van der Waals surface area (Å²) >= 11 is 2.52. The third-order valence-electron chi connectivity index (χ3n) is 0.917. The third kappa shape index (κ3) is 9.04. The molecule has 0 aliphatic rings. The molecule has 0 aliphatic carbocycles.